The van der Waals surface area contributed by atoms with E-state index in [4.69, 9.17) is 21.4 Å². The molecule has 0 aliphatic rings. The van der Waals surface area contributed by atoms with Crippen molar-refractivity contribution >= 4 is 17.5 Å². The van der Waals surface area contributed by atoms with Crippen LogP contribution >= 0.6 is 11.6 Å². The summed E-state index contributed by atoms with van der Waals surface area (Å²) >= 11 is 5.71. The molecule has 0 spiro atoms. The number of hydrogen-bond acceptors (Lipinski definition) is 3. The van der Waals surface area contributed by atoms with Gasteiger partial charge in [-0.2, -0.15) is 0 Å². The van der Waals surface area contributed by atoms with Crippen LogP contribution in [0.5, 0.6) is 5.75 Å². The molecule has 1 aromatic carbocycles. The Bertz CT molecular complexity index is 327. The Morgan fingerprint density at radius 3 is 2.69 bits per heavy atom. The molecule has 0 fully saturated rings. The summed E-state index contributed by atoms with van der Waals surface area (Å²) in [5.74, 6) is 0.544. The van der Waals surface area contributed by atoms with Crippen LogP contribution in [-0.2, 0) is 4.79 Å². The number of ether oxygens (including phenoxy) is 1. The van der Waals surface area contributed by atoms with Crippen molar-refractivity contribution in [2.45, 2.75) is 6.42 Å². The molecule has 5 heteroatoms. The van der Waals surface area contributed by atoms with Crippen molar-refractivity contribution in [1.29, 1.82) is 0 Å². The summed E-state index contributed by atoms with van der Waals surface area (Å²) in [6.45, 7) is 0.530. The first kappa shape index (κ1) is 12.8. The summed E-state index contributed by atoms with van der Waals surface area (Å²) in [7, 11) is 0. The Morgan fingerprint density at radius 2 is 2.06 bits per heavy atom. The fraction of sp³-hybridized carbons (Fsp3) is 0.364. The summed E-state index contributed by atoms with van der Waals surface area (Å²) in [6, 6.07) is 6.94. The molecule has 0 saturated carbocycles. The molecule has 4 nitrogen and oxygen atoms in total. The number of aliphatic hydroxyl groups excluding tert-OH is 1. The van der Waals surface area contributed by atoms with Crippen LogP contribution in [0.4, 0.5) is 0 Å². The van der Waals surface area contributed by atoms with E-state index in [1.165, 1.54) is 0 Å². The van der Waals surface area contributed by atoms with Crippen molar-refractivity contribution in [3.63, 3.8) is 0 Å². The Kier molecular flexibility index (Phi) is 5.67. The van der Waals surface area contributed by atoms with Crippen LogP contribution in [0.25, 0.3) is 0 Å². The molecule has 0 unspecified atom stereocenters. The number of rotatable bonds is 6. The molecular weight excluding hydrogens is 230 g/mol. The van der Waals surface area contributed by atoms with Crippen LogP contribution in [0.2, 0.25) is 5.02 Å². The van der Waals surface area contributed by atoms with Crippen molar-refractivity contribution in [1.82, 2.24) is 5.32 Å². The standard InChI is InChI=1S/C11H14ClNO3/c12-9-1-3-10(4-2-9)16-8-5-11(15)13-6-7-14/h1-4,14H,5-8H2,(H,13,15). The van der Waals surface area contributed by atoms with Gasteiger partial charge in [0.1, 0.15) is 5.75 Å². The van der Waals surface area contributed by atoms with Crippen LogP contribution in [0.3, 0.4) is 0 Å². The number of hydrogen-bond donors (Lipinski definition) is 2. The average molecular weight is 244 g/mol. The largest absolute Gasteiger partial charge is 0.493 e. The molecule has 0 radical (unpaired) electrons. The molecule has 0 heterocycles. The van der Waals surface area contributed by atoms with Crippen molar-refractivity contribution in [3.05, 3.63) is 29.3 Å². The molecule has 1 aromatic rings. The van der Waals surface area contributed by atoms with Gasteiger partial charge in [0.25, 0.3) is 0 Å². The monoisotopic (exact) mass is 243 g/mol. The third-order valence-corrected chi connectivity index (χ3v) is 2.10. The van der Waals surface area contributed by atoms with Gasteiger partial charge in [-0.1, -0.05) is 11.6 Å². The predicted octanol–water partition coefficient (Wildman–Crippen LogP) is 1.22. The summed E-state index contributed by atoms with van der Waals surface area (Å²) in [6.07, 6.45) is 0.266. The maximum absolute atomic E-state index is 11.1. The summed E-state index contributed by atoms with van der Waals surface area (Å²) in [4.78, 5) is 11.1. The quantitative estimate of drug-likeness (QED) is 0.790. The van der Waals surface area contributed by atoms with Gasteiger partial charge in [-0.3, -0.25) is 4.79 Å². The highest BCUT2D eigenvalue weighted by atomic mass is 35.5. The van der Waals surface area contributed by atoms with E-state index in [-0.39, 0.29) is 25.5 Å². The van der Waals surface area contributed by atoms with E-state index in [0.29, 0.717) is 17.4 Å². The third-order valence-electron chi connectivity index (χ3n) is 1.85. The van der Waals surface area contributed by atoms with E-state index in [1.54, 1.807) is 24.3 Å². The van der Waals surface area contributed by atoms with Crippen LogP contribution in [0.1, 0.15) is 6.42 Å². The molecule has 1 rings (SSSR count). The number of aliphatic hydroxyl groups is 1. The molecule has 0 saturated heterocycles. The molecule has 0 aliphatic heterocycles. The average Bonchev–Trinajstić information content (AvgIpc) is 2.29. The zero-order valence-corrected chi connectivity index (χ0v) is 9.54. The SMILES string of the molecule is O=C(CCOc1ccc(Cl)cc1)NCCO. The number of benzene rings is 1. The minimum atomic E-state index is -0.136. The summed E-state index contributed by atoms with van der Waals surface area (Å²) in [5, 5.41) is 11.7. The first-order chi connectivity index (χ1) is 7.72. The van der Waals surface area contributed by atoms with Gasteiger partial charge in [-0.15, -0.1) is 0 Å². The van der Waals surface area contributed by atoms with Gasteiger partial charge in [-0.25, -0.2) is 0 Å². The molecule has 0 atom stereocenters. The van der Waals surface area contributed by atoms with Crippen LogP contribution in [0, 0.1) is 0 Å². The van der Waals surface area contributed by atoms with E-state index < -0.39 is 0 Å². The molecule has 0 aromatic heterocycles. The molecule has 2 N–H and O–H groups in total. The summed E-state index contributed by atoms with van der Waals surface area (Å²) in [5.41, 5.74) is 0. The van der Waals surface area contributed by atoms with E-state index in [1.807, 2.05) is 0 Å². The highest BCUT2D eigenvalue weighted by Crippen LogP contribution is 2.15. The number of carbonyl (C=O) groups is 1. The van der Waals surface area contributed by atoms with Gasteiger partial charge < -0.3 is 15.2 Å². The van der Waals surface area contributed by atoms with E-state index in [2.05, 4.69) is 5.32 Å². The molecule has 88 valence electrons. The lowest BCUT2D eigenvalue weighted by molar-refractivity contribution is -0.121. The molecular formula is C11H14ClNO3. The van der Waals surface area contributed by atoms with Crippen molar-refractivity contribution < 1.29 is 14.6 Å². The maximum atomic E-state index is 11.1. The number of nitrogens with one attached hydrogen (secondary N) is 1. The van der Waals surface area contributed by atoms with Crippen LogP contribution in [-0.4, -0.2) is 30.8 Å². The Morgan fingerprint density at radius 1 is 1.38 bits per heavy atom. The lowest BCUT2D eigenvalue weighted by atomic mass is 10.3. The van der Waals surface area contributed by atoms with E-state index in [9.17, 15) is 4.79 Å². The van der Waals surface area contributed by atoms with E-state index >= 15 is 0 Å². The zero-order chi connectivity index (χ0) is 11.8. The van der Waals surface area contributed by atoms with Gasteiger partial charge in [0.2, 0.25) is 5.91 Å². The first-order valence-electron chi connectivity index (χ1n) is 4.98. The van der Waals surface area contributed by atoms with Gasteiger partial charge in [-0.05, 0) is 24.3 Å². The second kappa shape index (κ2) is 7.09. The molecule has 0 bridgehead atoms. The minimum Gasteiger partial charge on any atom is -0.493 e. The van der Waals surface area contributed by atoms with Gasteiger partial charge in [0, 0.05) is 11.6 Å². The Hall–Kier alpha value is -1.26. The van der Waals surface area contributed by atoms with E-state index in [0.717, 1.165) is 0 Å². The second-order valence-electron chi connectivity index (χ2n) is 3.13. The molecule has 1 amide bonds. The Balaban J connectivity index is 2.20. The molecule has 16 heavy (non-hydrogen) atoms. The highest BCUT2D eigenvalue weighted by molar-refractivity contribution is 6.30. The number of carbonyl (C=O) groups excluding carboxylic acids is 1. The number of amides is 1. The topological polar surface area (TPSA) is 58.6 Å². The van der Waals surface area contributed by atoms with Crippen molar-refractivity contribution in [2.75, 3.05) is 19.8 Å². The maximum Gasteiger partial charge on any atom is 0.223 e. The fourth-order valence-electron chi connectivity index (χ4n) is 1.08. The van der Waals surface area contributed by atoms with Crippen LogP contribution < -0.4 is 10.1 Å². The second-order valence-corrected chi connectivity index (χ2v) is 3.56. The predicted molar refractivity (Wildman–Crippen MR) is 61.7 cm³/mol. The fourth-order valence-corrected chi connectivity index (χ4v) is 1.20. The third kappa shape index (κ3) is 5.00. The molecule has 0 aliphatic carbocycles. The first-order valence-corrected chi connectivity index (χ1v) is 5.36. The highest BCUT2D eigenvalue weighted by Gasteiger charge is 2.00. The lowest BCUT2D eigenvalue weighted by Crippen LogP contribution is -2.27. The normalized spacial score (nSPS) is 9.88. The zero-order valence-electron chi connectivity index (χ0n) is 8.78. The van der Waals surface area contributed by atoms with Crippen molar-refractivity contribution in [3.8, 4) is 5.75 Å². The van der Waals surface area contributed by atoms with Gasteiger partial charge >= 0.3 is 0 Å². The summed E-state index contributed by atoms with van der Waals surface area (Å²) < 4.78 is 5.33. The van der Waals surface area contributed by atoms with Crippen molar-refractivity contribution in [2.24, 2.45) is 0 Å². The Labute approximate surface area is 99.2 Å². The number of halogens is 1. The van der Waals surface area contributed by atoms with Gasteiger partial charge in [0.05, 0.1) is 19.6 Å². The van der Waals surface area contributed by atoms with Crippen LogP contribution in [0.15, 0.2) is 24.3 Å². The smallest absolute Gasteiger partial charge is 0.223 e. The lowest BCUT2D eigenvalue weighted by Gasteiger charge is -2.06. The van der Waals surface area contributed by atoms with Gasteiger partial charge in [0.15, 0.2) is 0 Å². The minimum absolute atomic E-state index is 0.0518.